The van der Waals surface area contributed by atoms with E-state index in [0.29, 0.717) is 0 Å². The number of hydrogen-bond acceptors (Lipinski definition) is 1. The van der Waals surface area contributed by atoms with E-state index in [1.165, 1.54) is 6.07 Å². The lowest BCUT2D eigenvalue weighted by Crippen LogP contribution is -2.51. The molecule has 0 aliphatic carbocycles. The summed E-state index contributed by atoms with van der Waals surface area (Å²) >= 11 is 0. The highest BCUT2D eigenvalue weighted by molar-refractivity contribution is 5.52. The number of para-hydroxylation sites is 1. The first kappa shape index (κ1) is 13.7. The van der Waals surface area contributed by atoms with Crippen LogP contribution in [-0.4, -0.2) is 12.4 Å². The van der Waals surface area contributed by atoms with E-state index in [9.17, 15) is 26.3 Å². The fourth-order valence-electron chi connectivity index (χ4n) is 1.42. The molecule has 0 amide bonds. The van der Waals surface area contributed by atoms with Crippen molar-refractivity contribution < 1.29 is 26.3 Å². The first-order valence-corrected chi connectivity index (χ1v) is 4.50. The third-order valence-electron chi connectivity index (χ3n) is 2.63. The lowest BCUT2D eigenvalue weighted by molar-refractivity contribution is -0.297. The lowest BCUT2D eigenvalue weighted by Gasteiger charge is -2.35. The van der Waals surface area contributed by atoms with Gasteiger partial charge in [-0.05, 0) is 18.6 Å². The predicted octanol–water partition coefficient (Wildman–Crippen LogP) is 3.65. The van der Waals surface area contributed by atoms with Crippen LogP contribution in [0, 0.1) is 0 Å². The average molecular weight is 257 g/mol. The number of benzene rings is 1. The Morgan fingerprint density at radius 2 is 1.29 bits per heavy atom. The van der Waals surface area contributed by atoms with Gasteiger partial charge in [0.2, 0.25) is 0 Å². The maximum Gasteiger partial charge on any atom is 0.406 e. The molecule has 1 rings (SSSR count). The van der Waals surface area contributed by atoms with Gasteiger partial charge >= 0.3 is 12.4 Å². The number of anilines is 1. The number of rotatable bonds is 1. The molecule has 0 saturated heterocycles. The second-order valence-corrected chi connectivity index (χ2v) is 3.71. The summed E-state index contributed by atoms with van der Waals surface area (Å²) < 4.78 is 76.1. The summed E-state index contributed by atoms with van der Waals surface area (Å²) in [7, 11) is 0. The highest BCUT2D eigenvalue weighted by atomic mass is 19.4. The molecule has 7 heteroatoms. The van der Waals surface area contributed by atoms with Crippen LogP contribution in [0.4, 0.5) is 32.0 Å². The third kappa shape index (κ3) is 2.05. The largest absolute Gasteiger partial charge is 0.406 e. The summed E-state index contributed by atoms with van der Waals surface area (Å²) in [5.74, 6) is 0. The van der Waals surface area contributed by atoms with Crippen LogP contribution in [0.5, 0.6) is 0 Å². The smallest absolute Gasteiger partial charge is 0.398 e. The van der Waals surface area contributed by atoms with Gasteiger partial charge in [0.05, 0.1) is 0 Å². The van der Waals surface area contributed by atoms with Gasteiger partial charge in [-0.15, -0.1) is 0 Å². The molecule has 2 N–H and O–H groups in total. The SMILES string of the molecule is CC(c1ccccc1N)(C(F)(F)F)C(F)(F)F. The molecule has 0 aliphatic heterocycles. The highest BCUT2D eigenvalue weighted by Gasteiger charge is 2.68. The fraction of sp³-hybridized carbons (Fsp3) is 0.400. The Morgan fingerprint density at radius 3 is 1.65 bits per heavy atom. The van der Waals surface area contributed by atoms with E-state index < -0.39 is 29.0 Å². The first-order chi connectivity index (χ1) is 7.52. The lowest BCUT2D eigenvalue weighted by atomic mass is 9.80. The van der Waals surface area contributed by atoms with Gasteiger partial charge in [0, 0.05) is 5.69 Å². The number of nitrogens with two attached hydrogens (primary N) is 1. The van der Waals surface area contributed by atoms with E-state index in [-0.39, 0.29) is 6.92 Å². The van der Waals surface area contributed by atoms with Crippen LogP contribution in [-0.2, 0) is 5.41 Å². The molecule has 0 atom stereocenters. The summed E-state index contributed by atoms with van der Waals surface area (Å²) in [5.41, 5.74) is -0.290. The van der Waals surface area contributed by atoms with Crippen molar-refractivity contribution >= 4 is 5.69 Å². The summed E-state index contributed by atoms with van der Waals surface area (Å²) in [6, 6.07) is 4.09. The fourth-order valence-corrected chi connectivity index (χ4v) is 1.42. The molecule has 0 fully saturated rings. The molecule has 96 valence electrons. The van der Waals surface area contributed by atoms with Crippen molar-refractivity contribution in [1.82, 2.24) is 0 Å². The van der Waals surface area contributed by atoms with Gasteiger partial charge in [0.25, 0.3) is 0 Å². The molecule has 0 heterocycles. The van der Waals surface area contributed by atoms with E-state index in [1.807, 2.05) is 0 Å². The molecule has 0 unspecified atom stereocenters. The molecule has 0 saturated carbocycles. The summed E-state index contributed by atoms with van der Waals surface area (Å²) in [6.07, 6.45) is -10.9. The zero-order valence-corrected chi connectivity index (χ0v) is 8.65. The van der Waals surface area contributed by atoms with Crippen LogP contribution in [0.2, 0.25) is 0 Å². The minimum absolute atomic E-state index is 0.0820. The Morgan fingerprint density at radius 1 is 0.882 bits per heavy atom. The van der Waals surface area contributed by atoms with E-state index >= 15 is 0 Å². The Hall–Kier alpha value is -1.40. The van der Waals surface area contributed by atoms with Crippen LogP contribution in [0.1, 0.15) is 12.5 Å². The molecule has 1 nitrogen and oxygen atoms in total. The van der Waals surface area contributed by atoms with Crippen LogP contribution in [0.15, 0.2) is 24.3 Å². The van der Waals surface area contributed by atoms with E-state index in [4.69, 9.17) is 5.73 Å². The van der Waals surface area contributed by atoms with Crippen LogP contribution in [0.3, 0.4) is 0 Å². The quantitative estimate of drug-likeness (QED) is 0.603. The summed E-state index contributed by atoms with van der Waals surface area (Å²) in [5, 5.41) is 0. The zero-order valence-electron chi connectivity index (χ0n) is 8.65. The van der Waals surface area contributed by atoms with Crippen molar-refractivity contribution in [1.29, 1.82) is 0 Å². The van der Waals surface area contributed by atoms with Crippen LogP contribution < -0.4 is 5.73 Å². The standard InChI is InChI=1S/C10H9F6N/c1-8(9(11,12)13,10(14,15)16)6-4-2-3-5-7(6)17/h2-5H,17H2,1H3. The molecular weight excluding hydrogens is 248 g/mol. The second kappa shape index (κ2) is 3.82. The van der Waals surface area contributed by atoms with Crippen molar-refractivity contribution in [2.24, 2.45) is 0 Å². The topological polar surface area (TPSA) is 26.0 Å². The van der Waals surface area contributed by atoms with Gasteiger partial charge in [-0.1, -0.05) is 18.2 Å². The Kier molecular flexibility index (Phi) is 3.07. The molecule has 0 spiro atoms. The monoisotopic (exact) mass is 257 g/mol. The summed E-state index contributed by atoms with van der Waals surface area (Å²) in [6.45, 7) is 0.0820. The van der Waals surface area contributed by atoms with Gasteiger partial charge in [-0.25, -0.2) is 0 Å². The van der Waals surface area contributed by atoms with E-state index in [2.05, 4.69) is 0 Å². The molecule has 17 heavy (non-hydrogen) atoms. The van der Waals surface area contributed by atoms with E-state index in [1.54, 1.807) is 0 Å². The van der Waals surface area contributed by atoms with Crippen LogP contribution in [0.25, 0.3) is 0 Å². The number of halogens is 6. The molecule has 0 aromatic heterocycles. The molecule has 1 aromatic carbocycles. The zero-order chi connectivity index (χ0) is 13.5. The minimum Gasteiger partial charge on any atom is -0.398 e. The second-order valence-electron chi connectivity index (χ2n) is 3.71. The molecule has 0 bridgehead atoms. The van der Waals surface area contributed by atoms with Crippen molar-refractivity contribution in [3.8, 4) is 0 Å². The third-order valence-corrected chi connectivity index (χ3v) is 2.63. The molecule has 1 aromatic rings. The molecular formula is C10H9F6N. The first-order valence-electron chi connectivity index (χ1n) is 4.50. The maximum absolute atomic E-state index is 12.7. The van der Waals surface area contributed by atoms with Gasteiger partial charge < -0.3 is 5.73 Å². The Labute approximate surface area is 93.2 Å². The average Bonchev–Trinajstić information content (AvgIpc) is 2.13. The van der Waals surface area contributed by atoms with Gasteiger partial charge in [0.15, 0.2) is 5.41 Å². The molecule has 0 aliphatic rings. The normalized spacial score (nSPS) is 13.8. The minimum atomic E-state index is -5.47. The Balaban J connectivity index is 3.53. The number of nitrogen functional groups attached to an aromatic ring is 1. The predicted molar refractivity (Wildman–Crippen MR) is 50.3 cm³/mol. The van der Waals surface area contributed by atoms with Gasteiger partial charge in [0.1, 0.15) is 0 Å². The maximum atomic E-state index is 12.7. The van der Waals surface area contributed by atoms with Crippen molar-refractivity contribution in [3.63, 3.8) is 0 Å². The summed E-state index contributed by atoms with van der Waals surface area (Å²) in [4.78, 5) is 0. The number of hydrogen-bond donors (Lipinski definition) is 1. The highest BCUT2D eigenvalue weighted by Crippen LogP contribution is 2.52. The van der Waals surface area contributed by atoms with Gasteiger partial charge in [-0.3, -0.25) is 0 Å². The van der Waals surface area contributed by atoms with Crippen molar-refractivity contribution in [2.75, 3.05) is 5.73 Å². The van der Waals surface area contributed by atoms with Crippen molar-refractivity contribution in [3.05, 3.63) is 29.8 Å². The van der Waals surface area contributed by atoms with E-state index in [0.717, 1.165) is 18.2 Å². The van der Waals surface area contributed by atoms with Crippen LogP contribution >= 0.6 is 0 Å². The van der Waals surface area contributed by atoms with Gasteiger partial charge in [-0.2, -0.15) is 26.3 Å². The van der Waals surface area contributed by atoms with Crippen molar-refractivity contribution in [2.45, 2.75) is 24.7 Å². The Bertz CT molecular complexity index is 392. The molecule has 0 radical (unpaired) electrons. The number of alkyl halides is 6.